The Labute approximate surface area is 112 Å². The third kappa shape index (κ3) is 12.3. The maximum atomic E-state index is 9.40. The van der Waals surface area contributed by atoms with E-state index in [-0.39, 0.29) is 0 Å². The van der Waals surface area contributed by atoms with E-state index in [1.54, 1.807) is 6.92 Å². The lowest BCUT2D eigenvalue weighted by atomic mass is 10.0. The zero-order valence-corrected chi connectivity index (χ0v) is 12.0. The highest BCUT2D eigenvalue weighted by Crippen LogP contribution is 2.12. The van der Waals surface area contributed by atoms with Crippen LogP contribution in [0.25, 0.3) is 0 Å². The van der Waals surface area contributed by atoms with Crippen molar-refractivity contribution in [2.75, 3.05) is 6.61 Å². The second-order valence-corrected chi connectivity index (χ2v) is 5.36. The molecule has 3 N–H and O–H groups in total. The number of hydrogen-bond donors (Lipinski definition) is 3. The summed E-state index contributed by atoms with van der Waals surface area (Å²) >= 11 is 0. The van der Waals surface area contributed by atoms with Gasteiger partial charge < -0.3 is 15.3 Å². The Kier molecular flexibility index (Phi) is 13.2. The molecule has 0 aliphatic carbocycles. The molecule has 0 saturated carbocycles. The lowest BCUT2D eigenvalue weighted by molar-refractivity contribution is 0.0247. The van der Waals surface area contributed by atoms with Gasteiger partial charge in [0.25, 0.3) is 0 Å². The summed E-state index contributed by atoms with van der Waals surface area (Å²) in [4.78, 5) is 0. The standard InChI is InChI=1S/C15H32O3/c1-14(17)15(18)12-10-8-6-4-2-3-5-7-9-11-13-16/h14-18H,2-13H2,1H3. The van der Waals surface area contributed by atoms with E-state index in [1.165, 1.54) is 38.5 Å². The Morgan fingerprint density at radius 2 is 1.06 bits per heavy atom. The van der Waals surface area contributed by atoms with Gasteiger partial charge in [-0.2, -0.15) is 0 Å². The van der Waals surface area contributed by atoms with Crippen LogP contribution >= 0.6 is 0 Å². The molecule has 110 valence electrons. The summed E-state index contributed by atoms with van der Waals surface area (Å²) in [5, 5.41) is 27.1. The van der Waals surface area contributed by atoms with Gasteiger partial charge in [0, 0.05) is 6.61 Å². The first-order chi connectivity index (χ1) is 8.68. The van der Waals surface area contributed by atoms with Gasteiger partial charge in [-0.1, -0.05) is 57.8 Å². The van der Waals surface area contributed by atoms with Crippen LogP contribution in [0.4, 0.5) is 0 Å². The van der Waals surface area contributed by atoms with Gasteiger partial charge in [-0.05, 0) is 19.8 Å². The molecule has 0 bridgehead atoms. The largest absolute Gasteiger partial charge is 0.396 e. The minimum Gasteiger partial charge on any atom is -0.396 e. The van der Waals surface area contributed by atoms with Crippen LogP contribution in [-0.2, 0) is 0 Å². The molecule has 3 heteroatoms. The molecule has 0 amide bonds. The number of unbranched alkanes of at least 4 members (excludes halogenated alkanes) is 9. The van der Waals surface area contributed by atoms with Crippen LogP contribution < -0.4 is 0 Å². The third-order valence-electron chi connectivity index (χ3n) is 3.46. The Morgan fingerprint density at radius 1 is 0.667 bits per heavy atom. The van der Waals surface area contributed by atoms with Gasteiger partial charge in [0.05, 0.1) is 12.2 Å². The summed E-state index contributed by atoms with van der Waals surface area (Å²) in [5.74, 6) is 0. The maximum Gasteiger partial charge on any atom is 0.0796 e. The molecule has 2 unspecified atom stereocenters. The molecule has 0 saturated heterocycles. The van der Waals surface area contributed by atoms with E-state index in [0.29, 0.717) is 6.61 Å². The van der Waals surface area contributed by atoms with Crippen molar-refractivity contribution < 1.29 is 15.3 Å². The minimum atomic E-state index is -0.594. The minimum absolute atomic E-state index is 0.332. The average Bonchev–Trinajstić information content (AvgIpc) is 2.35. The first-order valence-corrected chi connectivity index (χ1v) is 7.65. The van der Waals surface area contributed by atoms with E-state index in [9.17, 15) is 5.11 Å². The molecule has 0 aliphatic rings. The molecule has 0 heterocycles. The van der Waals surface area contributed by atoms with Crippen LogP contribution in [0.3, 0.4) is 0 Å². The van der Waals surface area contributed by atoms with Crippen LogP contribution in [-0.4, -0.2) is 34.1 Å². The molecule has 18 heavy (non-hydrogen) atoms. The number of hydrogen-bond acceptors (Lipinski definition) is 3. The van der Waals surface area contributed by atoms with Gasteiger partial charge in [-0.3, -0.25) is 0 Å². The second kappa shape index (κ2) is 13.3. The summed E-state index contributed by atoms with van der Waals surface area (Å²) in [5.41, 5.74) is 0. The first-order valence-electron chi connectivity index (χ1n) is 7.65. The monoisotopic (exact) mass is 260 g/mol. The molecule has 0 aliphatic heterocycles. The topological polar surface area (TPSA) is 60.7 Å². The summed E-state index contributed by atoms with van der Waals surface area (Å²) in [6, 6.07) is 0. The van der Waals surface area contributed by atoms with Crippen molar-refractivity contribution in [1.29, 1.82) is 0 Å². The zero-order valence-electron chi connectivity index (χ0n) is 12.0. The summed E-state index contributed by atoms with van der Waals surface area (Å²) in [7, 11) is 0. The molecular formula is C15H32O3. The van der Waals surface area contributed by atoms with Gasteiger partial charge in [-0.25, -0.2) is 0 Å². The molecule has 0 radical (unpaired) electrons. The van der Waals surface area contributed by atoms with Crippen LogP contribution in [0.15, 0.2) is 0 Å². The van der Waals surface area contributed by atoms with Crippen molar-refractivity contribution >= 4 is 0 Å². The highest BCUT2D eigenvalue weighted by Gasteiger charge is 2.09. The Balaban J connectivity index is 3.03. The Morgan fingerprint density at radius 3 is 1.44 bits per heavy atom. The second-order valence-electron chi connectivity index (χ2n) is 5.36. The number of aliphatic hydroxyl groups excluding tert-OH is 3. The number of aliphatic hydroxyl groups is 3. The quantitative estimate of drug-likeness (QED) is 0.446. The molecule has 0 aromatic heterocycles. The Hall–Kier alpha value is -0.120. The van der Waals surface area contributed by atoms with Crippen LogP contribution in [0, 0.1) is 0 Å². The van der Waals surface area contributed by atoms with Gasteiger partial charge in [0.2, 0.25) is 0 Å². The van der Waals surface area contributed by atoms with Crippen molar-refractivity contribution in [2.24, 2.45) is 0 Å². The normalized spacial score (nSPS) is 14.7. The van der Waals surface area contributed by atoms with E-state index in [2.05, 4.69) is 0 Å². The van der Waals surface area contributed by atoms with Crippen molar-refractivity contribution in [1.82, 2.24) is 0 Å². The maximum absolute atomic E-state index is 9.40. The summed E-state index contributed by atoms with van der Waals surface area (Å²) < 4.78 is 0. The van der Waals surface area contributed by atoms with E-state index in [0.717, 1.165) is 32.1 Å². The fraction of sp³-hybridized carbons (Fsp3) is 1.00. The lowest BCUT2D eigenvalue weighted by Crippen LogP contribution is -2.21. The van der Waals surface area contributed by atoms with Crippen LogP contribution in [0.1, 0.15) is 77.6 Å². The average molecular weight is 260 g/mol. The highest BCUT2D eigenvalue weighted by molar-refractivity contribution is 4.61. The lowest BCUT2D eigenvalue weighted by Gasteiger charge is -2.12. The summed E-state index contributed by atoms with van der Waals surface area (Å²) in [6.07, 6.45) is 11.5. The van der Waals surface area contributed by atoms with E-state index in [4.69, 9.17) is 10.2 Å². The van der Waals surface area contributed by atoms with Crippen LogP contribution in [0.5, 0.6) is 0 Å². The molecule has 0 spiro atoms. The van der Waals surface area contributed by atoms with Gasteiger partial charge >= 0.3 is 0 Å². The van der Waals surface area contributed by atoms with Gasteiger partial charge in [-0.15, -0.1) is 0 Å². The zero-order chi connectivity index (χ0) is 13.6. The third-order valence-corrected chi connectivity index (χ3v) is 3.46. The predicted molar refractivity (Wildman–Crippen MR) is 75.6 cm³/mol. The smallest absolute Gasteiger partial charge is 0.0796 e. The van der Waals surface area contributed by atoms with E-state index < -0.39 is 12.2 Å². The molecular weight excluding hydrogens is 228 g/mol. The predicted octanol–water partition coefficient (Wildman–Crippen LogP) is 3.01. The van der Waals surface area contributed by atoms with Crippen LogP contribution in [0.2, 0.25) is 0 Å². The van der Waals surface area contributed by atoms with Crippen molar-refractivity contribution in [3.05, 3.63) is 0 Å². The Bertz CT molecular complexity index is 160. The van der Waals surface area contributed by atoms with Crippen molar-refractivity contribution in [3.63, 3.8) is 0 Å². The molecule has 0 fully saturated rings. The fourth-order valence-electron chi connectivity index (χ4n) is 2.12. The highest BCUT2D eigenvalue weighted by atomic mass is 16.3. The molecule has 2 atom stereocenters. The van der Waals surface area contributed by atoms with Gasteiger partial charge in [0.1, 0.15) is 0 Å². The molecule has 0 rings (SSSR count). The SMILES string of the molecule is CC(O)C(O)CCCCCCCCCCCCO. The van der Waals surface area contributed by atoms with E-state index >= 15 is 0 Å². The summed E-state index contributed by atoms with van der Waals surface area (Å²) in [6.45, 7) is 1.97. The fourth-order valence-corrected chi connectivity index (χ4v) is 2.12. The van der Waals surface area contributed by atoms with E-state index in [1.807, 2.05) is 0 Å². The van der Waals surface area contributed by atoms with Gasteiger partial charge in [0.15, 0.2) is 0 Å². The van der Waals surface area contributed by atoms with Crippen molar-refractivity contribution in [3.8, 4) is 0 Å². The molecule has 0 aromatic carbocycles. The first kappa shape index (κ1) is 17.9. The molecule has 0 aromatic rings. The number of rotatable bonds is 13. The van der Waals surface area contributed by atoms with Crippen molar-refractivity contribution in [2.45, 2.75) is 89.8 Å². The molecule has 3 nitrogen and oxygen atoms in total.